The van der Waals surface area contributed by atoms with Gasteiger partial charge in [0.1, 0.15) is 0 Å². The highest BCUT2D eigenvalue weighted by Gasteiger charge is 2.09. The molecule has 1 aliphatic carbocycles. The van der Waals surface area contributed by atoms with Gasteiger partial charge >= 0.3 is 0 Å². The third-order valence-electron chi connectivity index (χ3n) is 1.62. The smallest absolute Gasteiger partial charge is 0.0991 e. The summed E-state index contributed by atoms with van der Waals surface area (Å²) in [6.07, 6.45) is 9.73. The Morgan fingerprint density at radius 3 is 2.73 bits per heavy atom. The molecule has 0 fully saturated rings. The Hall–Kier alpha value is -1.29. The second-order valence-electron chi connectivity index (χ2n) is 3.25. The van der Waals surface area contributed by atoms with Crippen LogP contribution >= 0.6 is 0 Å². The number of allylic oxidation sites excluding steroid dienone is 6. The maximum atomic E-state index is 8.58. The molecule has 0 aromatic rings. The Morgan fingerprint density at radius 2 is 2.09 bits per heavy atom. The second kappa shape index (κ2) is 2.75. The number of nitrogens with zero attached hydrogens (tertiary/aromatic N) is 1. The summed E-state index contributed by atoms with van der Waals surface area (Å²) >= 11 is 0. The molecular formula is C10H11N. The van der Waals surface area contributed by atoms with Crippen molar-refractivity contribution in [2.45, 2.75) is 13.8 Å². The predicted octanol–water partition coefficient (Wildman–Crippen LogP) is 2.59. The van der Waals surface area contributed by atoms with Crippen LogP contribution in [0.5, 0.6) is 0 Å². The molecular weight excluding hydrogens is 134 g/mol. The van der Waals surface area contributed by atoms with E-state index in [1.807, 2.05) is 24.3 Å². The van der Waals surface area contributed by atoms with Crippen LogP contribution in [0.25, 0.3) is 0 Å². The lowest BCUT2D eigenvalue weighted by Gasteiger charge is -2.11. The van der Waals surface area contributed by atoms with Gasteiger partial charge in [-0.1, -0.05) is 32.1 Å². The molecule has 0 heterocycles. The van der Waals surface area contributed by atoms with Crippen LogP contribution in [0.4, 0.5) is 0 Å². The average molecular weight is 145 g/mol. The second-order valence-corrected chi connectivity index (χ2v) is 3.25. The topological polar surface area (TPSA) is 23.8 Å². The molecule has 1 rings (SSSR count). The summed E-state index contributed by atoms with van der Waals surface area (Å²) in [5, 5.41) is 8.58. The zero-order valence-corrected chi connectivity index (χ0v) is 6.83. The summed E-state index contributed by atoms with van der Waals surface area (Å²) in [7, 11) is 0. The van der Waals surface area contributed by atoms with Crippen molar-refractivity contribution in [1.29, 1.82) is 5.26 Å². The Balaban J connectivity index is 2.94. The number of hydrogen-bond acceptors (Lipinski definition) is 1. The van der Waals surface area contributed by atoms with Crippen molar-refractivity contribution in [3.63, 3.8) is 0 Å². The van der Waals surface area contributed by atoms with Crippen LogP contribution in [0.3, 0.4) is 0 Å². The van der Waals surface area contributed by atoms with Gasteiger partial charge in [-0.3, -0.25) is 0 Å². The van der Waals surface area contributed by atoms with Crippen molar-refractivity contribution in [2.24, 2.45) is 5.41 Å². The standard InChI is InChI=1S/C10H11N/c1-10(2)6-3-4-9(8-11)5-7-10/h3-7H,1-2H3. The van der Waals surface area contributed by atoms with Crippen molar-refractivity contribution in [2.75, 3.05) is 0 Å². The summed E-state index contributed by atoms with van der Waals surface area (Å²) in [4.78, 5) is 0. The van der Waals surface area contributed by atoms with E-state index in [9.17, 15) is 0 Å². The molecule has 11 heavy (non-hydrogen) atoms. The van der Waals surface area contributed by atoms with Gasteiger partial charge in [0.2, 0.25) is 0 Å². The molecule has 0 aromatic carbocycles. The molecule has 0 bridgehead atoms. The van der Waals surface area contributed by atoms with E-state index in [0.717, 1.165) is 0 Å². The van der Waals surface area contributed by atoms with E-state index in [-0.39, 0.29) is 5.41 Å². The Morgan fingerprint density at radius 1 is 1.36 bits per heavy atom. The summed E-state index contributed by atoms with van der Waals surface area (Å²) in [6, 6.07) is 2.10. The van der Waals surface area contributed by atoms with Crippen LogP contribution < -0.4 is 0 Å². The van der Waals surface area contributed by atoms with Crippen LogP contribution in [0.1, 0.15) is 13.8 Å². The predicted molar refractivity (Wildman–Crippen MR) is 45.8 cm³/mol. The quantitative estimate of drug-likeness (QED) is 0.514. The summed E-state index contributed by atoms with van der Waals surface area (Å²) < 4.78 is 0. The van der Waals surface area contributed by atoms with Crippen molar-refractivity contribution >= 4 is 0 Å². The van der Waals surface area contributed by atoms with Crippen LogP contribution in [0, 0.1) is 16.7 Å². The minimum absolute atomic E-state index is 0.0785. The first-order valence-electron chi connectivity index (χ1n) is 3.63. The molecule has 1 heteroatoms. The summed E-state index contributed by atoms with van der Waals surface area (Å²) in [6.45, 7) is 4.21. The van der Waals surface area contributed by atoms with Gasteiger partial charge in [0.15, 0.2) is 0 Å². The molecule has 1 aliphatic rings. The minimum atomic E-state index is 0.0785. The van der Waals surface area contributed by atoms with Crippen LogP contribution in [0.2, 0.25) is 0 Å². The third-order valence-corrected chi connectivity index (χ3v) is 1.62. The van der Waals surface area contributed by atoms with Gasteiger partial charge in [-0.2, -0.15) is 5.26 Å². The highest BCUT2D eigenvalue weighted by atomic mass is 14.2. The van der Waals surface area contributed by atoms with E-state index in [1.165, 1.54) is 0 Å². The van der Waals surface area contributed by atoms with Gasteiger partial charge in [0.05, 0.1) is 11.6 Å². The molecule has 0 radical (unpaired) electrons. The molecule has 0 unspecified atom stereocenters. The van der Waals surface area contributed by atoms with Crippen molar-refractivity contribution in [1.82, 2.24) is 0 Å². The molecule has 0 amide bonds. The Bertz CT molecular complexity index is 272. The Labute approximate surface area is 67.3 Å². The fourth-order valence-corrected chi connectivity index (χ4v) is 0.890. The fourth-order valence-electron chi connectivity index (χ4n) is 0.890. The molecule has 0 aliphatic heterocycles. The molecule has 0 spiro atoms. The molecule has 0 N–H and O–H groups in total. The maximum Gasteiger partial charge on any atom is 0.0991 e. The van der Waals surface area contributed by atoms with E-state index in [0.29, 0.717) is 5.57 Å². The zero-order chi connectivity index (χ0) is 8.32. The zero-order valence-electron chi connectivity index (χ0n) is 6.83. The molecule has 0 saturated carbocycles. The number of nitriles is 1. The lowest BCUT2D eigenvalue weighted by Crippen LogP contribution is -2.00. The molecule has 56 valence electrons. The van der Waals surface area contributed by atoms with Gasteiger partial charge in [-0.05, 0) is 12.2 Å². The average Bonchev–Trinajstić information content (AvgIpc) is 2.10. The molecule has 1 nitrogen and oxygen atoms in total. The summed E-state index contributed by atoms with van der Waals surface area (Å²) in [5.74, 6) is 0. The normalized spacial score (nSPS) is 20.3. The monoisotopic (exact) mass is 145 g/mol. The van der Waals surface area contributed by atoms with Gasteiger partial charge in [-0.25, -0.2) is 0 Å². The van der Waals surface area contributed by atoms with Crippen molar-refractivity contribution < 1.29 is 0 Å². The van der Waals surface area contributed by atoms with Crippen LogP contribution in [0.15, 0.2) is 36.0 Å². The van der Waals surface area contributed by atoms with Crippen molar-refractivity contribution in [3.8, 4) is 6.07 Å². The first-order valence-corrected chi connectivity index (χ1v) is 3.63. The number of hydrogen-bond donors (Lipinski definition) is 0. The van der Waals surface area contributed by atoms with E-state index in [2.05, 4.69) is 26.0 Å². The summed E-state index contributed by atoms with van der Waals surface area (Å²) in [5.41, 5.74) is 0.793. The lowest BCUT2D eigenvalue weighted by molar-refractivity contribution is 0.627. The van der Waals surface area contributed by atoms with Crippen LogP contribution in [-0.2, 0) is 0 Å². The lowest BCUT2D eigenvalue weighted by atomic mass is 9.93. The minimum Gasteiger partial charge on any atom is -0.192 e. The highest BCUT2D eigenvalue weighted by Crippen LogP contribution is 2.22. The van der Waals surface area contributed by atoms with E-state index < -0.39 is 0 Å². The van der Waals surface area contributed by atoms with Gasteiger partial charge in [0, 0.05) is 5.41 Å². The van der Waals surface area contributed by atoms with Gasteiger partial charge < -0.3 is 0 Å². The maximum absolute atomic E-state index is 8.58. The van der Waals surface area contributed by atoms with Crippen molar-refractivity contribution in [3.05, 3.63) is 36.0 Å². The molecule has 0 atom stereocenters. The number of rotatable bonds is 0. The SMILES string of the molecule is CC1(C)C=CC=C(C#N)C=C1. The largest absolute Gasteiger partial charge is 0.192 e. The van der Waals surface area contributed by atoms with E-state index >= 15 is 0 Å². The third kappa shape index (κ3) is 2.09. The van der Waals surface area contributed by atoms with E-state index in [1.54, 1.807) is 0 Å². The first kappa shape index (κ1) is 7.81. The van der Waals surface area contributed by atoms with Crippen LogP contribution in [-0.4, -0.2) is 0 Å². The Kier molecular flexibility index (Phi) is 1.96. The fraction of sp³-hybridized carbons (Fsp3) is 0.300. The first-order chi connectivity index (χ1) is 5.14. The molecule has 0 saturated heterocycles. The van der Waals surface area contributed by atoms with Gasteiger partial charge in [-0.15, -0.1) is 0 Å². The van der Waals surface area contributed by atoms with Gasteiger partial charge in [0.25, 0.3) is 0 Å². The highest BCUT2D eigenvalue weighted by molar-refractivity contribution is 5.39. The van der Waals surface area contributed by atoms with E-state index in [4.69, 9.17) is 5.26 Å². The molecule has 0 aromatic heterocycles.